The van der Waals surface area contributed by atoms with Gasteiger partial charge in [-0.05, 0) is 12.1 Å². The van der Waals surface area contributed by atoms with Crippen molar-refractivity contribution < 1.29 is 5.11 Å². The van der Waals surface area contributed by atoms with Crippen LogP contribution in [0.1, 0.15) is 5.69 Å². The predicted octanol–water partition coefficient (Wildman–Crippen LogP) is 3.09. The van der Waals surface area contributed by atoms with E-state index >= 15 is 0 Å². The molecule has 0 amide bonds. The molecule has 2 rings (SSSR count). The molecule has 14 heavy (non-hydrogen) atoms. The van der Waals surface area contributed by atoms with Crippen molar-refractivity contribution in [2.75, 3.05) is 0 Å². The number of aliphatic hydroxyl groups is 1. The highest BCUT2D eigenvalue weighted by atomic mass is 79.9. The van der Waals surface area contributed by atoms with Gasteiger partial charge >= 0.3 is 0 Å². The molecule has 2 nitrogen and oxygen atoms in total. The zero-order valence-electron chi connectivity index (χ0n) is 7.59. The van der Waals surface area contributed by atoms with Gasteiger partial charge in [0.2, 0.25) is 0 Å². The Kier molecular flexibility index (Phi) is 2.56. The van der Waals surface area contributed by atoms with Gasteiger partial charge in [0.1, 0.15) is 0 Å². The van der Waals surface area contributed by atoms with Crippen LogP contribution in [0.15, 0.2) is 22.7 Å². The van der Waals surface area contributed by atoms with Crippen LogP contribution in [-0.4, -0.2) is 9.67 Å². The van der Waals surface area contributed by atoms with Crippen molar-refractivity contribution in [1.29, 1.82) is 0 Å². The average Bonchev–Trinajstić information content (AvgIpc) is 2.41. The smallest absolute Gasteiger partial charge is 0.0848 e. The molecular formula is C10H9BrClNO. The Morgan fingerprint density at radius 3 is 2.79 bits per heavy atom. The summed E-state index contributed by atoms with van der Waals surface area (Å²) in [6, 6.07) is 5.87. The molecule has 0 unspecified atom stereocenters. The van der Waals surface area contributed by atoms with Gasteiger partial charge in [-0.1, -0.05) is 33.6 Å². The molecule has 0 aliphatic heterocycles. The molecule has 1 aromatic heterocycles. The molecule has 1 heterocycles. The number of benzene rings is 1. The summed E-state index contributed by atoms with van der Waals surface area (Å²) >= 11 is 9.60. The summed E-state index contributed by atoms with van der Waals surface area (Å²) < 4.78 is 2.86. The van der Waals surface area contributed by atoms with Crippen LogP contribution in [0.3, 0.4) is 0 Å². The number of aryl methyl sites for hydroxylation is 1. The number of rotatable bonds is 1. The molecule has 1 N–H and O–H groups in total. The lowest BCUT2D eigenvalue weighted by molar-refractivity contribution is 0.273. The van der Waals surface area contributed by atoms with Gasteiger partial charge in [0.15, 0.2) is 0 Å². The topological polar surface area (TPSA) is 25.2 Å². The Hall–Kier alpha value is -0.510. The molecule has 0 bridgehead atoms. The quantitative estimate of drug-likeness (QED) is 0.849. The standard InChI is InChI=1S/C10H9BrClNO/c1-13-7-4-2-3-6(11)9(7)10(12)8(13)5-14/h2-4,14H,5H2,1H3. The molecule has 0 fully saturated rings. The van der Waals surface area contributed by atoms with Gasteiger partial charge in [-0.3, -0.25) is 0 Å². The zero-order valence-corrected chi connectivity index (χ0v) is 9.93. The van der Waals surface area contributed by atoms with Crippen molar-refractivity contribution in [3.8, 4) is 0 Å². The molecule has 0 atom stereocenters. The Labute approximate surface area is 95.2 Å². The van der Waals surface area contributed by atoms with Crippen LogP contribution in [-0.2, 0) is 13.7 Å². The minimum Gasteiger partial charge on any atom is -0.390 e. The van der Waals surface area contributed by atoms with E-state index in [1.807, 2.05) is 29.8 Å². The van der Waals surface area contributed by atoms with Gasteiger partial charge < -0.3 is 9.67 Å². The summed E-state index contributed by atoms with van der Waals surface area (Å²) in [6.45, 7) is -0.0452. The average molecular weight is 275 g/mol. The maximum atomic E-state index is 9.17. The molecule has 0 saturated heterocycles. The number of aromatic nitrogens is 1. The van der Waals surface area contributed by atoms with E-state index < -0.39 is 0 Å². The molecule has 2 aromatic rings. The highest BCUT2D eigenvalue weighted by Crippen LogP contribution is 2.34. The number of aliphatic hydroxyl groups excluding tert-OH is 1. The maximum Gasteiger partial charge on any atom is 0.0848 e. The molecule has 0 aliphatic carbocycles. The summed E-state index contributed by atoms with van der Waals surface area (Å²) in [7, 11) is 1.90. The zero-order chi connectivity index (χ0) is 10.3. The van der Waals surface area contributed by atoms with Crippen LogP contribution < -0.4 is 0 Å². The summed E-state index contributed by atoms with van der Waals surface area (Å²) in [6.07, 6.45) is 0. The summed E-state index contributed by atoms with van der Waals surface area (Å²) in [5, 5.41) is 10.8. The molecule has 74 valence electrons. The van der Waals surface area contributed by atoms with Gasteiger partial charge in [-0.15, -0.1) is 0 Å². The third-order valence-corrected chi connectivity index (χ3v) is 3.45. The van der Waals surface area contributed by atoms with E-state index in [-0.39, 0.29) is 6.61 Å². The van der Waals surface area contributed by atoms with E-state index in [1.54, 1.807) is 0 Å². The number of fused-ring (bicyclic) bond motifs is 1. The van der Waals surface area contributed by atoms with Crippen molar-refractivity contribution in [3.05, 3.63) is 33.4 Å². The van der Waals surface area contributed by atoms with Crippen molar-refractivity contribution >= 4 is 38.4 Å². The van der Waals surface area contributed by atoms with E-state index in [9.17, 15) is 5.11 Å². The first kappa shape index (κ1) is 10.0. The van der Waals surface area contributed by atoms with E-state index in [1.165, 1.54) is 0 Å². The van der Waals surface area contributed by atoms with E-state index in [0.29, 0.717) is 5.02 Å². The third kappa shape index (κ3) is 1.28. The second-order valence-electron chi connectivity index (χ2n) is 3.11. The van der Waals surface area contributed by atoms with Crippen molar-refractivity contribution in [2.24, 2.45) is 7.05 Å². The van der Waals surface area contributed by atoms with Gasteiger partial charge in [0.05, 0.1) is 22.8 Å². The fourth-order valence-electron chi connectivity index (χ4n) is 1.62. The second-order valence-corrected chi connectivity index (χ2v) is 4.34. The van der Waals surface area contributed by atoms with Crippen molar-refractivity contribution in [3.63, 3.8) is 0 Å². The molecule has 0 saturated carbocycles. The first-order valence-corrected chi connectivity index (χ1v) is 5.36. The molecular weight excluding hydrogens is 265 g/mol. The Balaban J connectivity index is 2.94. The van der Waals surface area contributed by atoms with Gasteiger partial charge in [-0.2, -0.15) is 0 Å². The first-order valence-electron chi connectivity index (χ1n) is 4.19. The lowest BCUT2D eigenvalue weighted by atomic mass is 10.2. The van der Waals surface area contributed by atoms with Crippen LogP contribution in [0.4, 0.5) is 0 Å². The Morgan fingerprint density at radius 2 is 2.21 bits per heavy atom. The molecule has 0 aliphatic rings. The summed E-state index contributed by atoms with van der Waals surface area (Å²) in [4.78, 5) is 0. The molecule has 1 aromatic carbocycles. The normalized spacial score (nSPS) is 11.1. The fourth-order valence-corrected chi connectivity index (χ4v) is 2.68. The number of nitrogens with zero attached hydrogens (tertiary/aromatic N) is 1. The highest BCUT2D eigenvalue weighted by Gasteiger charge is 2.14. The second kappa shape index (κ2) is 3.57. The Morgan fingerprint density at radius 1 is 1.50 bits per heavy atom. The Bertz CT molecular complexity index is 492. The van der Waals surface area contributed by atoms with Crippen molar-refractivity contribution in [2.45, 2.75) is 6.61 Å². The fraction of sp³-hybridized carbons (Fsp3) is 0.200. The van der Waals surface area contributed by atoms with E-state index in [0.717, 1.165) is 21.1 Å². The minimum atomic E-state index is -0.0452. The van der Waals surface area contributed by atoms with Gasteiger partial charge in [0.25, 0.3) is 0 Å². The summed E-state index contributed by atoms with van der Waals surface area (Å²) in [5.74, 6) is 0. The van der Waals surface area contributed by atoms with Crippen LogP contribution in [0.25, 0.3) is 10.9 Å². The van der Waals surface area contributed by atoms with Crippen LogP contribution in [0.5, 0.6) is 0 Å². The van der Waals surface area contributed by atoms with E-state index in [2.05, 4.69) is 15.9 Å². The van der Waals surface area contributed by atoms with E-state index in [4.69, 9.17) is 11.6 Å². The number of hydrogen-bond donors (Lipinski definition) is 1. The van der Waals surface area contributed by atoms with Crippen LogP contribution in [0.2, 0.25) is 5.02 Å². The number of hydrogen-bond acceptors (Lipinski definition) is 1. The lowest BCUT2D eigenvalue weighted by Gasteiger charge is -1.99. The van der Waals surface area contributed by atoms with Crippen molar-refractivity contribution in [1.82, 2.24) is 4.57 Å². The minimum absolute atomic E-state index is 0.0452. The lowest BCUT2D eigenvalue weighted by Crippen LogP contribution is -1.95. The molecule has 0 spiro atoms. The third-order valence-electron chi connectivity index (χ3n) is 2.38. The molecule has 0 radical (unpaired) electrons. The van der Waals surface area contributed by atoms with Crippen LogP contribution in [0, 0.1) is 0 Å². The maximum absolute atomic E-state index is 9.17. The number of halogens is 2. The molecule has 4 heteroatoms. The SMILES string of the molecule is Cn1c(CO)c(Cl)c2c(Br)cccc21. The first-order chi connectivity index (χ1) is 6.66. The monoisotopic (exact) mass is 273 g/mol. The summed E-state index contributed by atoms with van der Waals surface area (Å²) in [5.41, 5.74) is 1.77. The van der Waals surface area contributed by atoms with Gasteiger partial charge in [-0.25, -0.2) is 0 Å². The largest absolute Gasteiger partial charge is 0.390 e. The highest BCUT2D eigenvalue weighted by molar-refractivity contribution is 9.10. The predicted molar refractivity (Wildman–Crippen MR) is 61.6 cm³/mol. The van der Waals surface area contributed by atoms with Gasteiger partial charge in [0, 0.05) is 16.9 Å². The van der Waals surface area contributed by atoms with Crippen LogP contribution >= 0.6 is 27.5 Å².